The molecule has 0 bridgehead atoms. The highest BCUT2D eigenvalue weighted by Gasteiger charge is 2.41. The van der Waals surface area contributed by atoms with Crippen LogP contribution >= 0.6 is 0 Å². The molecule has 4 unspecified atom stereocenters. The lowest BCUT2D eigenvalue weighted by molar-refractivity contribution is -0.141. The summed E-state index contributed by atoms with van der Waals surface area (Å²) in [4.78, 5) is 120. The summed E-state index contributed by atoms with van der Waals surface area (Å²) >= 11 is 0. The van der Waals surface area contributed by atoms with Crippen LogP contribution < -0.4 is 16.2 Å². The third-order valence-corrected chi connectivity index (χ3v) is 19.9. The Kier molecular flexibility index (Phi) is 37.2. The van der Waals surface area contributed by atoms with Gasteiger partial charge in [0.2, 0.25) is 29.5 Å². The zero-order chi connectivity index (χ0) is 87.7. The van der Waals surface area contributed by atoms with E-state index in [9.17, 15) is 65.1 Å². The molecule has 27 nitrogen and oxygen atoms in total. The van der Waals surface area contributed by atoms with Crippen molar-refractivity contribution < 1.29 is 79.3 Å². The van der Waals surface area contributed by atoms with Crippen LogP contribution in [-0.4, -0.2) is 273 Å². The number of ether oxygens (including phenoxy) is 3. The number of amides is 8. The molecule has 5 heterocycles. The molecule has 8 aromatic rings. The van der Waals surface area contributed by atoms with Gasteiger partial charge in [-0.1, -0.05) is 152 Å². The van der Waals surface area contributed by atoms with Crippen LogP contribution in [0.5, 0.6) is 0 Å². The Balaban J connectivity index is 0.000000189. The summed E-state index contributed by atoms with van der Waals surface area (Å²) in [5.41, 5.74) is 12.4. The van der Waals surface area contributed by atoms with Crippen molar-refractivity contribution in [3.05, 3.63) is 286 Å². The molecule has 32 heteroatoms. The lowest BCUT2D eigenvalue weighted by Gasteiger charge is -2.27. The molecule has 5 fully saturated rings. The Morgan fingerprint density at radius 2 is 0.545 bits per heavy atom. The van der Waals surface area contributed by atoms with Crippen LogP contribution in [0.4, 0.5) is 36.3 Å². The predicted molar refractivity (Wildman–Crippen MR) is 445 cm³/mol. The first-order valence-corrected chi connectivity index (χ1v) is 39.4. The normalized spacial score (nSPS) is 16.6. The second-order valence-electron chi connectivity index (χ2n) is 30.0. The first-order chi connectivity index (χ1) is 57.9. The zero-order valence-electron chi connectivity index (χ0n) is 69.9. The van der Waals surface area contributed by atoms with Crippen LogP contribution in [0.15, 0.2) is 212 Å². The van der Waals surface area contributed by atoms with Gasteiger partial charge in [0, 0.05) is 37.3 Å². The summed E-state index contributed by atoms with van der Waals surface area (Å²) < 4.78 is 80.7. The number of carbonyl (C=O) groups excluding carboxylic acids is 9. The van der Waals surface area contributed by atoms with Gasteiger partial charge in [-0.15, -0.1) is 0 Å². The van der Waals surface area contributed by atoms with Crippen molar-refractivity contribution in [3.8, 4) is 0 Å². The number of likely N-dealkylation sites (N-methyl/N-ethyl adjacent to an activating group) is 4. The third-order valence-electron chi connectivity index (χ3n) is 19.9. The molecule has 0 spiro atoms. The quantitative estimate of drug-likeness (QED) is 0.0475. The number of carbonyl (C=O) groups is 9. The van der Waals surface area contributed by atoms with E-state index in [1.54, 1.807) is 70.7 Å². The monoisotopic (exact) mass is 1670 g/mol. The second kappa shape index (κ2) is 47.7. The lowest BCUT2D eigenvalue weighted by atomic mass is 10.1. The number of rotatable bonds is 20. The molecule has 5 aliphatic heterocycles. The maximum Gasteiger partial charge on any atom is 0.429 e. The van der Waals surface area contributed by atoms with Crippen LogP contribution in [0.3, 0.4) is 0 Å². The SMILES string of the molecule is CN(C)C1CN(C(=O)Cc2ccc(F)cc2)N(C(=O)OCc2ccccc2)C1.CN(C)C1CN(C(=O)Cc2ccc(F)cc2)N(C(=O)OCc2ccccc2)C1.CN(C)C1CNN(C(=O)Cc2ccc(F)cc2)C1.CN(C)C1CNN(C(=O)Cc2ccc(F)cc2)C1.CNC.O=C1CN(C(=O)Cc2ccc(F)cc2)N(C(=O)OCc2ccccc2)C1. The standard InChI is InChI=1S/2C21H24FN3O3.C19H17FN2O4.2C13H18FN3O.C2H7N/c2*1-23(2)19-13-24(20(26)12-16-8-10-18(22)11-9-16)25(14-19)21(27)28-15-17-6-4-3-5-7-17;20-16-8-6-14(7-9-16)10-18(24)21-11-17(23)12-22(21)19(25)26-13-15-4-2-1-3-5-15;2*1-16(2)12-8-15-17(9-12)13(18)7-10-3-5-11(14)6-4-10;1-3-2/h2*3-11,19H,12-15H2,1-2H3;1-9H,10-13H2;2*3-6,12,15H,7-9H2,1-2H3;3H,1-2H3. The van der Waals surface area contributed by atoms with E-state index in [1.165, 1.54) is 92.8 Å². The number of ketones is 1. The van der Waals surface area contributed by atoms with Crippen LogP contribution in [-0.2, 0) is 94.9 Å². The van der Waals surface area contributed by atoms with Crippen LogP contribution in [0.2, 0.25) is 0 Å². The molecule has 646 valence electrons. The molecule has 121 heavy (non-hydrogen) atoms. The highest BCUT2D eigenvalue weighted by Crippen LogP contribution is 2.23. The van der Waals surface area contributed by atoms with E-state index < -0.39 is 30.0 Å². The van der Waals surface area contributed by atoms with Gasteiger partial charge in [-0.25, -0.2) is 77.2 Å². The van der Waals surface area contributed by atoms with Gasteiger partial charge in [0.05, 0.1) is 71.4 Å². The Hall–Kier alpha value is -12.0. The Bertz CT molecular complexity index is 4390. The van der Waals surface area contributed by atoms with Crippen molar-refractivity contribution in [3.63, 3.8) is 0 Å². The average molecular weight is 1670 g/mol. The first kappa shape index (κ1) is 94.4. The molecule has 13 rings (SSSR count). The summed E-state index contributed by atoms with van der Waals surface area (Å²) in [5.74, 6) is -2.77. The highest BCUT2D eigenvalue weighted by atomic mass is 19.1. The number of nitrogens with one attached hydrogen (secondary N) is 3. The van der Waals surface area contributed by atoms with Gasteiger partial charge in [-0.05, 0) is 176 Å². The topological polar surface area (TPSA) is 256 Å². The molecule has 0 aliphatic carbocycles. The molecule has 0 saturated carbocycles. The molecule has 5 aliphatic rings. The van der Waals surface area contributed by atoms with Crippen molar-refractivity contribution in [2.24, 2.45) is 0 Å². The van der Waals surface area contributed by atoms with Crippen molar-refractivity contribution in [1.82, 2.24) is 75.8 Å². The number of halogens is 5. The predicted octanol–water partition coefficient (Wildman–Crippen LogP) is 8.85. The van der Waals surface area contributed by atoms with Gasteiger partial charge in [0.1, 0.15) is 62.0 Å². The maximum absolute atomic E-state index is 13.1. The highest BCUT2D eigenvalue weighted by molar-refractivity contribution is 5.94. The Morgan fingerprint density at radius 1 is 0.314 bits per heavy atom. The number of nitrogens with zero attached hydrogens (tertiary/aromatic N) is 12. The number of hydrogen-bond acceptors (Lipinski definition) is 19. The third kappa shape index (κ3) is 30.6. The number of Topliss-reactive ketones (excluding diaryl/α,β-unsaturated/α-hetero) is 1. The van der Waals surface area contributed by atoms with E-state index in [0.717, 1.165) is 50.9 Å². The van der Waals surface area contributed by atoms with E-state index >= 15 is 0 Å². The molecule has 0 radical (unpaired) electrons. The zero-order valence-corrected chi connectivity index (χ0v) is 69.9. The average Bonchev–Trinajstić information content (AvgIpc) is 1.71. The molecule has 0 aromatic heterocycles. The summed E-state index contributed by atoms with van der Waals surface area (Å²) in [6.45, 7) is 4.41. The molecular weight excluding hydrogens is 1570 g/mol. The molecule has 8 amide bonds. The number of hydrogen-bond donors (Lipinski definition) is 3. The summed E-state index contributed by atoms with van der Waals surface area (Å²) in [5, 5.41) is 13.7. The lowest BCUT2D eigenvalue weighted by Crippen LogP contribution is -2.45. The van der Waals surface area contributed by atoms with Gasteiger partial charge in [0.15, 0.2) is 5.78 Å². The summed E-state index contributed by atoms with van der Waals surface area (Å²) in [6.07, 6.45) is -1.14. The van der Waals surface area contributed by atoms with Gasteiger partial charge >= 0.3 is 18.3 Å². The molecule has 3 N–H and O–H groups in total. The summed E-state index contributed by atoms with van der Waals surface area (Å²) in [7, 11) is 19.4. The van der Waals surface area contributed by atoms with E-state index in [2.05, 4.69) is 26.0 Å². The Labute approximate surface area is 703 Å². The minimum absolute atomic E-state index is 0.0152. The van der Waals surface area contributed by atoms with Gasteiger partial charge in [-0.3, -0.25) is 38.8 Å². The van der Waals surface area contributed by atoms with Crippen molar-refractivity contribution in [1.29, 1.82) is 0 Å². The fourth-order valence-corrected chi connectivity index (χ4v) is 12.6. The van der Waals surface area contributed by atoms with E-state index in [0.29, 0.717) is 80.9 Å². The maximum atomic E-state index is 13.1. The summed E-state index contributed by atoms with van der Waals surface area (Å²) in [6, 6.07) is 57.8. The molecule has 5 saturated heterocycles. The van der Waals surface area contributed by atoms with Crippen LogP contribution in [0.25, 0.3) is 0 Å². The van der Waals surface area contributed by atoms with Crippen molar-refractivity contribution >= 4 is 53.6 Å². The number of benzene rings is 8. The second-order valence-corrected chi connectivity index (χ2v) is 30.0. The Morgan fingerprint density at radius 3 is 0.802 bits per heavy atom. The smallest absolute Gasteiger partial charge is 0.429 e. The van der Waals surface area contributed by atoms with E-state index in [-0.39, 0.29) is 117 Å². The van der Waals surface area contributed by atoms with Gasteiger partial charge in [0.25, 0.3) is 0 Å². The minimum atomic E-state index is -0.757. The first-order valence-electron chi connectivity index (χ1n) is 39.4. The fourth-order valence-electron chi connectivity index (χ4n) is 12.6. The van der Waals surface area contributed by atoms with Crippen LogP contribution in [0, 0.1) is 29.1 Å². The van der Waals surface area contributed by atoms with Gasteiger partial charge in [-0.2, -0.15) is 0 Å². The van der Waals surface area contributed by atoms with E-state index in [4.69, 9.17) is 14.2 Å². The van der Waals surface area contributed by atoms with Crippen molar-refractivity contribution in [2.45, 2.75) is 76.1 Å². The number of hydrazine groups is 5. The van der Waals surface area contributed by atoms with Gasteiger partial charge < -0.3 is 39.1 Å². The fraction of sp³-hybridized carbons (Fsp3) is 0.360. The largest absolute Gasteiger partial charge is 0.443 e. The van der Waals surface area contributed by atoms with Crippen LogP contribution in [0.1, 0.15) is 44.5 Å². The minimum Gasteiger partial charge on any atom is -0.443 e. The molecular formula is C89H108F5N15O12. The van der Waals surface area contributed by atoms with Crippen molar-refractivity contribution in [2.75, 3.05) is 136 Å². The molecule has 8 aromatic carbocycles. The van der Waals surface area contributed by atoms with E-state index in [1.807, 2.05) is 159 Å². The molecule has 4 atom stereocenters.